The number of fused-ring (bicyclic) bond motifs is 2. The first-order valence-electron chi connectivity index (χ1n) is 11.0. The lowest BCUT2D eigenvalue weighted by atomic mass is 9.71. The maximum absolute atomic E-state index is 6.53. The van der Waals surface area contributed by atoms with Gasteiger partial charge in [-0.2, -0.15) is 0 Å². The summed E-state index contributed by atoms with van der Waals surface area (Å²) in [6, 6.07) is 27.9. The first-order chi connectivity index (χ1) is 15.0. The van der Waals surface area contributed by atoms with E-state index in [1.807, 2.05) is 0 Å². The first-order valence-corrected chi connectivity index (χ1v) is 11.0. The number of hydrogen-bond acceptors (Lipinski definition) is 2. The van der Waals surface area contributed by atoms with E-state index in [9.17, 15) is 0 Å². The van der Waals surface area contributed by atoms with Crippen molar-refractivity contribution < 1.29 is 9.31 Å². The lowest BCUT2D eigenvalue weighted by Gasteiger charge is -2.22. The van der Waals surface area contributed by atoms with Crippen LogP contribution in [-0.2, 0) is 9.31 Å². The van der Waals surface area contributed by atoms with Gasteiger partial charge in [0.2, 0.25) is 0 Å². The predicted molar refractivity (Wildman–Crippen MR) is 131 cm³/mol. The molecule has 3 heteroatoms. The highest BCUT2D eigenvalue weighted by Gasteiger charge is 2.41. The van der Waals surface area contributed by atoms with Gasteiger partial charge in [0.25, 0.3) is 0 Å². The molecule has 4 aromatic carbocycles. The molecule has 0 aliphatic carbocycles. The molecule has 0 spiro atoms. The average Bonchev–Trinajstić information content (AvgIpc) is 3.22. The highest BCUT2D eigenvalue weighted by Crippen LogP contribution is 2.39. The standard InChI is InChI=1S/C28H27BO2/c1-5-24-27(28(2,3)4)31-29(30-24)26-22-17-11-9-15-20(22)25(19-13-7-6-8-14-19)21-16-10-12-18-23(21)26/h6-18H,5H2,1-4H3. The molecule has 0 amide bonds. The van der Waals surface area contributed by atoms with Crippen LogP contribution in [0.1, 0.15) is 34.1 Å². The van der Waals surface area contributed by atoms with E-state index in [-0.39, 0.29) is 5.41 Å². The molecule has 0 aromatic heterocycles. The second-order valence-corrected chi connectivity index (χ2v) is 9.17. The number of rotatable bonds is 3. The highest BCUT2D eigenvalue weighted by molar-refractivity contribution is 6.69. The van der Waals surface area contributed by atoms with Crippen LogP contribution in [0.2, 0.25) is 0 Å². The molecule has 2 nitrogen and oxygen atoms in total. The fourth-order valence-electron chi connectivity index (χ4n) is 4.67. The smallest absolute Gasteiger partial charge is 0.523 e. The normalized spacial score (nSPS) is 14.3. The molecule has 0 saturated carbocycles. The Morgan fingerprint density at radius 2 is 1.19 bits per heavy atom. The Balaban J connectivity index is 1.80. The second-order valence-electron chi connectivity index (χ2n) is 9.17. The Kier molecular flexibility index (Phi) is 4.77. The van der Waals surface area contributed by atoms with Crippen LogP contribution in [-0.4, -0.2) is 7.12 Å². The summed E-state index contributed by atoms with van der Waals surface area (Å²) in [4.78, 5) is 0. The zero-order valence-electron chi connectivity index (χ0n) is 18.6. The highest BCUT2D eigenvalue weighted by atomic mass is 16.6. The number of hydrogen-bond donors (Lipinski definition) is 0. The monoisotopic (exact) mass is 406 g/mol. The SMILES string of the molecule is CCC1=C(C(C)(C)C)OB(c2c3ccccc3c(-c3ccccc3)c3ccccc23)O1. The van der Waals surface area contributed by atoms with E-state index in [1.54, 1.807) is 0 Å². The van der Waals surface area contributed by atoms with E-state index in [4.69, 9.17) is 9.31 Å². The van der Waals surface area contributed by atoms with Crippen molar-refractivity contribution in [1.29, 1.82) is 0 Å². The summed E-state index contributed by atoms with van der Waals surface area (Å²) in [6.07, 6.45) is 0.821. The maximum atomic E-state index is 6.53. The minimum absolute atomic E-state index is 0.102. The van der Waals surface area contributed by atoms with Crippen LogP contribution in [0.5, 0.6) is 0 Å². The van der Waals surface area contributed by atoms with Crippen LogP contribution in [0.25, 0.3) is 32.7 Å². The van der Waals surface area contributed by atoms with Crippen molar-refractivity contribution in [1.82, 2.24) is 0 Å². The molecule has 5 rings (SSSR count). The summed E-state index contributed by atoms with van der Waals surface area (Å²) in [5.41, 5.74) is 3.48. The summed E-state index contributed by atoms with van der Waals surface area (Å²) >= 11 is 0. The molecule has 1 aliphatic rings. The quantitative estimate of drug-likeness (QED) is 0.268. The van der Waals surface area contributed by atoms with E-state index < -0.39 is 7.12 Å². The van der Waals surface area contributed by atoms with Crippen LogP contribution in [0.15, 0.2) is 90.4 Å². The van der Waals surface area contributed by atoms with Gasteiger partial charge in [0.15, 0.2) is 0 Å². The predicted octanol–water partition coefficient (Wildman–Crippen LogP) is 7.07. The Labute approximate surface area is 184 Å². The molecule has 0 saturated heterocycles. The molecule has 0 N–H and O–H groups in total. The minimum atomic E-state index is -0.441. The summed E-state index contributed by atoms with van der Waals surface area (Å²) < 4.78 is 13.0. The van der Waals surface area contributed by atoms with Crippen molar-refractivity contribution in [3.63, 3.8) is 0 Å². The van der Waals surface area contributed by atoms with Gasteiger partial charge in [-0.05, 0) is 32.7 Å². The van der Waals surface area contributed by atoms with Gasteiger partial charge in [-0.1, -0.05) is 107 Å². The molecule has 154 valence electrons. The Hall–Kier alpha value is -3.20. The van der Waals surface area contributed by atoms with Crippen molar-refractivity contribution in [3.8, 4) is 11.1 Å². The molecule has 0 atom stereocenters. The van der Waals surface area contributed by atoms with Gasteiger partial charge in [-0.3, -0.25) is 0 Å². The molecule has 0 unspecified atom stereocenters. The van der Waals surface area contributed by atoms with E-state index in [1.165, 1.54) is 32.7 Å². The molecule has 0 radical (unpaired) electrons. The van der Waals surface area contributed by atoms with E-state index in [0.717, 1.165) is 23.4 Å². The zero-order valence-corrected chi connectivity index (χ0v) is 18.6. The largest absolute Gasteiger partial charge is 0.633 e. The topological polar surface area (TPSA) is 18.5 Å². The van der Waals surface area contributed by atoms with Crippen molar-refractivity contribution >= 4 is 34.1 Å². The molecule has 1 aliphatic heterocycles. The van der Waals surface area contributed by atoms with Crippen molar-refractivity contribution in [2.24, 2.45) is 5.41 Å². The number of benzene rings is 4. The third-order valence-electron chi connectivity index (χ3n) is 6.00. The van der Waals surface area contributed by atoms with Crippen LogP contribution < -0.4 is 5.46 Å². The summed E-state index contributed by atoms with van der Waals surface area (Å²) in [5, 5.41) is 4.79. The second kappa shape index (κ2) is 7.49. The number of allylic oxidation sites excluding steroid dienone is 2. The summed E-state index contributed by atoms with van der Waals surface area (Å²) in [7, 11) is -0.441. The van der Waals surface area contributed by atoms with Crippen molar-refractivity contribution in [2.75, 3.05) is 0 Å². The maximum Gasteiger partial charge on any atom is 0.633 e. The van der Waals surface area contributed by atoms with E-state index in [0.29, 0.717) is 0 Å². The Morgan fingerprint density at radius 3 is 1.68 bits per heavy atom. The van der Waals surface area contributed by atoms with E-state index in [2.05, 4.69) is 107 Å². The van der Waals surface area contributed by atoms with Gasteiger partial charge in [0.05, 0.1) is 0 Å². The molecule has 0 fully saturated rings. The molecule has 1 heterocycles. The van der Waals surface area contributed by atoms with Gasteiger partial charge < -0.3 is 9.31 Å². The molecular weight excluding hydrogens is 379 g/mol. The van der Waals surface area contributed by atoms with Crippen LogP contribution >= 0.6 is 0 Å². The minimum Gasteiger partial charge on any atom is -0.523 e. The Bertz CT molecular complexity index is 1240. The fourth-order valence-corrected chi connectivity index (χ4v) is 4.67. The first kappa shape index (κ1) is 19.7. The van der Waals surface area contributed by atoms with Crippen LogP contribution in [0.4, 0.5) is 0 Å². The molecular formula is C28H27BO2. The summed E-state index contributed by atoms with van der Waals surface area (Å²) in [6.45, 7) is 8.66. The lowest BCUT2D eigenvalue weighted by Crippen LogP contribution is -2.35. The summed E-state index contributed by atoms with van der Waals surface area (Å²) in [5.74, 6) is 1.91. The molecule has 4 aromatic rings. The van der Waals surface area contributed by atoms with Gasteiger partial charge in [-0.25, -0.2) is 0 Å². The lowest BCUT2D eigenvalue weighted by molar-refractivity contribution is 0.302. The van der Waals surface area contributed by atoms with Crippen LogP contribution in [0.3, 0.4) is 0 Å². The average molecular weight is 406 g/mol. The molecule has 31 heavy (non-hydrogen) atoms. The van der Waals surface area contributed by atoms with Gasteiger partial charge >= 0.3 is 7.12 Å². The van der Waals surface area contributed by atoms with E-state index >= 15 is 0 Å². The third kappa shape index (κ3) is 3.29. The Morgan fingerprint density at radius 1 is 0.677 bits per heavy atom. The third-order valence-corrected chi connectivity index (χ3v) is 6.00. The molecule has 0 bridgehead atoms. The van der Waals surface area contributed by atoms with Gasteiger partial charge in [0, 0.05) is 17.3 Å². The van der Waals surface area contributed by atoms with Crippen molar-refractivity contribution in [2.45, 2.75) is 34.1 Å². The van der Waals surface area contributed by atoms with Gasteiger partial charge in [-0.15, -0.1) is 0 Å². The zero-order chi connectivity index (χ0) is 21.6. The van der Waals surface area contributed by atoms with Crippen LogP contribution in [0, 0.1) is 5.41 Å². The fraction of sp³-hybridized carbons (Fsp3) is 0.214. The van der Waals surface area contributed by atoms with Crippen molar-refractivity contribution in [3.05, 3.63) is 90.4 Å². The van der Waals surface area contributed by atoms with Gasteiger partial charge in [0.1, 0.15) is 11.5 Å².